The Kier molecular flexibility index (Phi) is 4.54. The largest absolute Gasteiger partial charge is 0.348 e. The third kappa shape index (κ3) is 3.53. The number of pyridine rings is 1. The number of hydrogen-bond acceptors (Lipinski definition) is 5. The van der Waals surface area contributed by atoms with Crippen LogP contribution in [0.5, 0.6) is 0 Å². The summed E-state index contributed by atoms with van der Waals surface area (Å²) >= 11 is 0. The molecule has 3 rings (SSSR count). The van der Waals surface area contributed by atoms with Gasteiger partial charge in [0.1, 0.15) is 0 Å². The van der Waals surface area contributed by atoms with Gasteiger partial charge in [0.05, 0.1) is 17.4 Å². The molecule has 0 bridgehead atoms. The van der Waals surface area contributed by atoms with E-state index in [-0.39, 0.29) is 17.3 Å². The lowest BCUT2D eigenvalue weighted by atomic mass is 10.1. The van der Waals surface area contributed by atoms with E-state index in [4.69, 9.17) is 0 Å². The molecule has 1 saturated heterocycles. The summed E-state index contributed by atoms with van der Waals surface area (Å²) in [6.07, 6.45) is 3.31. The van der Waals surface area contributed by atoms with Gasteiger partial charge in [0, 0.05) is 24.5 Å². The van der Waals surface area contributed by atoms with Crippen LogP contribution in [-0.4, -0.2) is 31.0 Å². The molecule has 1 atom stereocenters. The fourth-order valence-electron chi connectivity index (χ4n) is 2.62. The molecule has 0 aliphatic carbocycles. The van der Waals surface area contributed by atoms with E-state index in [1.54, 1.807) is 25.4 Å². The topological polar surface area (TPSA) is 96.4 Å². The molecule has 0 radical (unpaired) electrons. The second kappa shape index (κ2) is 6.64. The Balaban J connectivity index is 1.72. The maximum Gasteiger partial charge on any atom is 0.251 e. The summed E-state index contributed by atoms with van der Waals surface area (Å²) in [7, 11) is -3.64. The lowest BCUT2D eigenvalue weighted by Crippen LogP contribution is -2.30. The van der Waals surface area contributed by atoms with Gasteiger partial charge in [-0.15, -0.1) is 0 Å². The van der Waals surface area contributed by atoms with E-state index in [1.807, 2.05) is 6.07 Å². The van der Waals surface area contributed by atoms with Gasteiger partial charge < -0.3 is 5.32 Å². The van der Waals surface area contributed by atoms with Gasteiger partial charge in [0.15, 0.2) is 0 Å². The van der Waals surface area contributed by atoms with Crippen molar-refractivity contribution >= 4 is 27.5 Å². The maximum absolute atomic E-state index is 12.2. The van der Waals surface area contributed by atoms with Crippen molar-refractivity contribution in [2.45, 2.75) is 13.5 Å². The Morgan fingerprint density at radius 3 is 2.56 bits per heavy atom. The van der Waals surface area contributed by atoms with E-state index in [0.717, 1.165) is 9.87 Å². The Hall–Kier alpha value is -2.74. The van der Waals surface area contributed by atoms with E-state index >= 15 is 0 Å². The van der Waals surface area contributed by atoms with Crippen molar-refractivity contribution in [1.29, 1.82) is 0 Å². The van der Waals surface area contributed by atoms with Gasteiger partial charge in [-0.25, -0.2) is 12.7 Å². The average molecular weight is 359 g/mol. The monoisotopic (exact) mass is 359 g/mol. The summed E-state index contributed by atoms with van der Waals surface area (Å²) in [5.74, 6) is -1.50. The molecule has 1 N–H and O–H groups in total. The van der Waals surface area contributed by atoms with Gasteiger partial charge in [-0.1, -0.05) is 13.0 Å². The highest BCUT2D eigenvalue weighted by molar-refractivity contribution is 7.94. The summed E-state index contributed by atoms with van der Waals surface area (Å²) < 4.78 is 25.0. The highest BCUT2D eigenvalue weighted by Crippen LogP contribution is 2.28. The van der Waals surface area contributed by atoms with E-state index in [0.29, 0.717) is 12.1 Å². The zero-order chi connectivity index (χ0) is 18.0. The van der Waals surface area contributed by atoms with Gasteiger partial charge in [-0.05, 0) is 35.9 Å². The number of carbonyl (C=O) groups excluding carboxylic acids is 2. The summed E-state index contributed by atoms with van der Waals surface area (Å²) in [5, 5.41) is 2.76. The number of hydrogen-bond donors (Lipinski definition) is 1. The van der Waals surface area contributed by atoms with Crippen molar-refractivity contribution in [2.75, 3.05) is 10.1 Å². The van der Waals surface area contributed by atoms with Crippen molar-refractivity contribution < 1.29 is 18.0 Å². The van der Waals surface area contributed by atoms with Crippen LogP contribution >= 0.6 is 0 Å². The Labute approximate surface area is 145 Å². The second-order valence-electron chi connectivity index (χ2n) is 5.87. The van der Waals surface area contributed by atoms with Crippen molar-refractivity contribution in [3.8, 4) is 0 Å². The van der Waals surface area contributed by atoms with Gasteiger partial charge in [-0.2, -0.15) is 0 Å². The molecule has 1 aromatic carbocycles. The summed E-state index contributed by atoms with van der Waals surface area (Å²) in [6.45, 7) is 1.92. The number of nitrogens with one attached hydrogen (secondary N) is 1. The van der Waals surface area contributed by atoms with Crippen LogP contribution in [0.15, 0.2) is 48.8 Å². The summed E-state index contributed by atoms with van der Waals surface area (Å²) in [5.41, 5.74) is 1.50. The molecular formula is C17H17N3O4S. The molecule has 1 aliphatic rings. The first-order chi connectivity index (χ1) is 11.9. The summed E-state index contributed by atoms with van der Waals surface area (Å²) in [4.78, 5) is 28.2. The SMILES string of the molecule is C[C@@H]1CS(=O)(=O)N(c2ccc(C(=O)NCc3cccnc3)cc2)C1=O. The number of aromatic nitrogens is 1. The number of carbonyl (C=O) groups is 2. The Bertz CT molecular complexity index is 895. The van der Waals surface area contributed by atoms with Gasteiger partial charge in [0.2, 0.25) is 15.9 Å². The van der Waals surface area contributed by atoms with E-state index in [1.165, 1.54) is 24.3 Å². The first kappa shape index (κ1) is 17.1. The number of sulfonamides is 1. The van der Waals surface area contributed by atoms with Crippen LogP contribution in [0.4, 0.5) is 5.69 Å². The zero-order valence-corrected chi connectivity index (χ0v) is 14.4. The van der Waals surface area contributed by atoms with E-state index in [2.05, 4.69) is 10.3 Å². The lowest BCUT2D eigenvalue weighted by molar-refractivity contribution is -0.119. The van der Waals surface area contributed by atoms with Crippen LogP contribution in [0.2, 0.25) is 0 Å². The molecule has 130 valence electrons. The van der Waals surface area contributed by atoms with E-state index < -0.39 is 21.8 Å². The number of benzene rings is 1. The van der Waals surface area contributed by atoms with Crippen LogP contribution in [0, 0.1) is 5.92 Å². The van der Waals surface area contributed by atoms with Crippen LogP contribution in [0.3, 0.4) is 0 Å². The minimum atomic E-state index is -3.64. The molecule has 2 heterocycles. The highest BCUT2D eigenvalue weighted by atomic mass is 32.2. The van der Waals surface area contributed by atoms with Crippen molar-refractivity contribution in [1.82, 2.24) is 10.3 Å². The second-order valence-corrected chi connectivity index (χ2v) is 7.74. The third-order valence-corrected chi connectivity index (χ3v) is 5.77. The molecule has 2 amide bonds. The van der Waals surface area contributed by atoms with Crippen LogP contribution in [0.1, 0.15) is 22.8 Å². The fourth-order valence-corrected chi connectivity index (χ4v) is 4.44. The number of rotatable bonds is 4. The van der Waals surface area contributed by atoms with Crippen molar-refractivity contribution in [3.63, 3.8) is 0 Å². The van der Waals surface area contributed by atoms with Crippen molar-refractivity contribution in [2.24, 2.45) is 5.92 Å². The third-order valence-electron chi connectivity index (χ3n) is 3.90. The number of anilines is 1. The first-order valence-electron chi connectivity index (χ1n) is 7.72. The molecular weight excluding hydrogens is 342 g/mol. The van der Waals surface area contributed by atoms with Gasteiger partial charge in [-0.3, -0.25) is 14.6 Å². The molecule has 2 aromatic rings. The zero-order valence-electron chi connectivity index (χ0n) is 13.5. The normalized spacial score (nSPS) is 19.0. The van der Waals surface area contributed by atoms with E-state index in [9.17, 15) is 18.0 Å². The van der Waals surface area contributed by atoms with Crippen LogP contribution < -0.4 is 9.62 Å². The standard InChI is InChI=1S/C17H17N3O4S/c1-12-11-25(23,24)20(17(12)22)15-6-4-14(5-7-15)16(21)19-10-13-3-2-8-18-9-13/h2-9,12H,10-11H2,1H3,(H,19,21)/t12-/m1/s1. The predicted molar refractivity (Wildman–Crippen MR) is 92.3 cm³/mol. The number of amides is 2. The molecule has 25 heavy (non-hydrogen) atoms. The Morgan fingerprint density at radius 1 is 1.28 bits per heavy atom. The quantitative estimate of drug-likeness (QED) is 0.888. The highest BCUT2D eigenvalue weighted by Gasteiger charge is 2.41. The first-order valence-corrected chi connectivity index (χ1v) is 9.33. The maximum atomic E-state index is 12.2. The average Bonchev–Trinajstić information content (AvgIpc) is 2.81. The van der Waals surface area contributed by atoms with Gasteiger partial charge in [0.25, 0.3) is 5.91 Å². The lowest BCUT2D eigenvalue weighted by Gasteiger charge is -2.15. The minimum absolute atomic E-state index is 0.195. The van der Waals surface area contributed by atoms with Crippen molar-refractivity contribution in [3.05, 3.63) is 59.9 Å². The molecule has 1 fully saturated rings. The molecule has 0 unspecified atom stereocenters. The molecule has 1 aromatic heterocycles. The predicted octanol–water partition coefficient (Wildman–Crippen LogP) is 1.32. The molecule has 0 spiro atoms. The van der Waals surface area contributed by atoms with Gasteiger partial charge >= 0.3 is 0 Å². The Morgan fingerprint density at radius 2 is 2.00 bits per heavy atom. The molecule has 7 nitrogen and oxygen atoms in total. The molecule has 0 saturated carbocycles. The summed E-state index contributed by atoms with van der Waals surface area (Å²) in [6, 6.07) is 9.56. The number of nitrogens with zero attached hydrogens (tertiary/aromatic N) is 2. The smallest absolute Gasteiger partial charge is 0.251 e. The fraction of sp³-hybridized carbons (Fsp3) is 0.235. The van der Waals surface area contributed by atoms with Crippen LogP contribution in [0.25, 0.3) is 0 Å². The minimum Gasteiger partial charge on any atom is -0.348 e. The van der Waals surface area contributed by atoms with Crippen LogP contribution in [-0.2, 0) is 21.4 Å². The molecule has 8 heteroatoms. The molecule has 1 aliphatic heterocycles.